The summed E-state index contributed by atoms with van der Waals surface area (Å²) in [7, 11) is 0. The molecule has 0 radical (unpaired) electrons. The summed E-state index contributed by atoms with van der Waals surface area (Å²) in [6, 6.07) is 69.2. The first-order valence-electron chi connectivity index (χ1n) is 27.4. The Balaban J connectivity index is -0.000000129. The molecule has 0 heterocycles. The Kier molecular flexibility index (Phi) is 77.9. The number of rotatable bonds is 1. The van der Waals surface area contributed by atoms with E-state index in [2.05, 4.69) is 232 Å². The molecule has 0 amide bonds. The van der Waals surface area contributed by atoms with Crippen molar-refractivity contribution in [2.24, 2.45) is 0 Å². The Morgan fingerprint density at radius 3 is 0.507 bits per heavy atom. The fourth-order valence-electron chi connectivity index (χ4n) is 4.81. The molecule has 0 N–H and O–H groups in total. The van der Waals surface area contributed by atoms with Gasteiger partial charge in [-0.05, 0) is 62.5 Å². The van der Waals surface area contributed by atoms with Crippen molar-refractivity contribution in [2.45, 2.75) is 185 Å². The first-order valence-corrected chi connectivity index (χ1v) is 27.4. The Bertz CT molecular complexity index is 1810. The molecule has 0 aliphatic carbocycles. The monoisotopic (exact) mass is 939 g/mol. The van der Waals surface area contributed by atoms with Crippen LogP contribution in [0.3, 0.4) is 0 Å². The Hall–Kier alpha value is -5.46. The summed E-state index contributed by atoms with van der Waals surface area (Å²) >= 11 is 0. The quantitative estimate of drug-likeness (QED) is 0.144. The van der Waals surface area contributed by atoms with E-state index in [9.17, 15) is 0 Å². The molecule has 0 unspecified atom stereocenters. The van der Waals surface area contributed by atoms with Gasteiger partial charge in [0, 0.05) is 0 Å². The van der Waals surface area contributed by atoms with E-state index in [0.29, 0.717) is 0 Å². The van der Waals surface area contributed by atoms with Crippen LogP contribution in [0.5, 0.6) is 0 Å². The van der Waals surface area contributed by atoms with Crippen LogP contribution in [0.15, 0.2) is 200 Å². The highest BCUT2D eigenvalue weighted by atomic mass is 14.0. The van der Waals surface area contributed by atoms with Gasteiger partial charge in [-0.15, -0.1) is 0 Å². The third-order valence-electron chi connectivity index (χ3n) is 7.09. The lowest BCUT2D eigenvalue weighted by molar-refractivity contribution is 1.09. The molecule has 0 nitrogen and oxygen atoms in total. The zero-order valence-corrected chi connectivity index (χ0v) is 49.4. The fourth-order valence-corrected chi connectivity index (χ4v) is 4.81. The van der Waals surface area contributed by atoms with E-state index in [1.54, 1.807) is 0 Å². The summed E-state index contributed by atoms with van der Waals surface area (Å²) in [5.74, 6) is 0. The van der Waals surface area contributed by atoms with Gasteiger partial charge in [0.15, 0.2) is 0 Å². The average molecular weight is 940 g/mol. The van der Waals surface area contributed by atoms with Crippen LogP contribution in [0.25, 0.3) is 43.4 Å². The molecule has 69 heavy (non-hydrogen) atoms. The maximum atomic E-state index is 2.24. The number of aryl methyl sites for hydroxylation is 1. The SMILES string of the molecule is CC.CC.CC.CC.CC.CC.CC.CCC.CCC.CCC.CCC.Cc1ccccc1.c1ccc(-c2ccccc2)cc1.c1ccc2cc3ccccc3cc2c1.c1ccc2ccccc2c1. The lowest BCUT2D eigenvalue weighted by Gasteiger charge is -2.00. The number of benzene rings is 8. The van der Waals surface area contributed by atoms with Crippen molar-refractivity contribution in [2.75, 3.05) is 0 Å². The van der Waals surface area contributed by atoms with Gasteiger partial charge in [-0.25, -0.2) is 0 Å². The van der Waals surface area contributed by atoms with Crippen molar-refractivity contribution in [1.29, 1.82) is 0 Å². The van der Waals surface area contributed by atoms with Gasteiger partial charge < -0.3 is 0 Å². The van der Waals surface area contributed by atoms with Gasteiger partial charge in [-0.1, -0.05) is 372 Å². The molecule has 0 aliphatic rings. The zero-order valence-electron chi connectivity index (χ0n) is 49.4. The first-order chi connectivity index (χ1) is 33.9. The minimum absolute atomic E-state index is 1.25. The standard InChI is InChI=1S/C14H10.C12H10.C10H8.C7H8.4C3H8.7C2H6/c1-2-6-12-10-14-8-4-3-7-13(14)9-11(12)5-1;1-3-7-11(8-4-1)12-9-5-2-6-10-12;1-2-6-10-8-4-3-7-9(10)5-1;1-7-5-3-2-4-6-7;4*1-3-2;7*1-2/h1-10H;1-10H;1-8H;2-6H,1H3;4*3H2,1-2H3;7*1-2H3. The molecule has 0 atom stereocenters. The number of hydrogen-bond acceptors (Lipinski definition) is 0. The second-order valence-electron chi connectivity index (χ2n) is 13.1. The second-order valence-corrected chi connectivity index (χ2v) is 13.1. The summed E-state index contributed by atoms with van der Waals surface area (Å²) in [6.45, 7) is 47.1. The molecule has 0 saturated carbocycles. The molecule has 8 aromatic rings. The third kappa shape index (κ3) is 46.1. The topological polar surface area (TPSA) is 0 Å². The van der Waals surface area contributed by atoms with Crippen molar-refractivity contribution >= 4 is 32.3 Å². The van der Waals surface area contributed by atoms with Crippen molar-refractivity contribution in [3.63, 3.8) is 0 Å². The Labute approximate surface area is 432 Å². The van der Waals surface area contributed by atoms with Gasteiger partial charge in [0.25, 0.3) is 0 Å². The Morgan fingerprint density at radius 1 is 0.203 bits per heavy atom. The van der Waals surface area contributed by atoms with Gasteiger partial charge in [-0.3, -0.25) is 0 Å². The molecule has 0 aliphatic heterocycles. The van der Waals surface area contributed by atoms with Crippen LogP contribution in [-0.4, -0.2) is 0 Å². The van der Waals surface area contributed by atoms with E-state index in [1.807, 2.05) is 127 Å². The van der Waals surface area contributed by atoms with Gasteiger partial charge >= 0.3 is 0 Å². The Morgan fingerprint density at radius 2 is 0.348 bits per heavy atom. The van der Waals surface area contributed by atoms with Crippen LogP contribution in [0.4, 0.5) is 0 Å². The predicted octanol–water partition coefficient (Wildman–Crippen LogP) is 25.0. The van der Waals surface area contributed by atoms with Gasteiger partial charge in [0.1, 0.15) is 0 Å². The summed E-state index contributed by atoms with van der Waals surface area (Å²) in [6.07, 6.45) is 5.00. The highest BCUT2D eigenvalue weighted by Crippen LogP contribution is 2.22. The summed E-state index contributed by atoms with van der Waals surface area (Å²) in [4.78, 5) is 0. The molecule has 386 valence electrons. The highest BCUT2D eigenvalue weighted by molar-refractivity contribution is 5.98. The van der Waals surface area contributed by atoms with Crippen LogP contribution in [0, 0.1) is 6.92 Å². The van der Waals surface area contributed by atoms with Crippen molar-refractivity contribution in [3.05, 3.63) is 206 Å². The van der Waals surface area contributed by atoms with Crippen LogP contribution in [-0.2, 0) is 0 Å². The molecule has 0 aromatic heterocycles. The molecule has 0 saturated heterocycles. The van der Waals surface area contributed by atoms with E-state index >= 15 is 0 Å². The molecular formula is C69H110. The largest absolute Gasteiger partial charge is 0.0683 e. The van der Waals surface area contributed by atoms with Gasteiger partial charge in [0.2, 0.25) is 0 Å². The van der Waals surface area contributed by atoms with Crippen LogP contribution >= 0.6 is 0 Å². The molecule has 8 rings (SSSR count). The zero-order chi connectivity index (χ0) is 54.4. The number of fused-ring (bicyclic) bond motifs is 3. The van der Waals surface area contributed by atoms with Crippen LogP contribution in [0.1, 0.15) is 184 Å². The lowest BCUT2D eigenvalue weighted by Crippen LogP contribution is -1.74. The summed E-state index contributed by atoms with van der Waals surface area (Å²) in [5, 5.41) is 7.87. The van der Waals surface area contributed by atoms with Crippen LogP contribution < -0.4 is 0 Å². The van der Waals surface area contributed by atoms with Gasteiger partial charge in [-0.2, -0.15) is 0 Å². The molecular weight excluding hydrogens is 829 g/mol. The second kappa shape index (κ2) is 69.1. The van der Waals surface area contributed by atoms with E-state index in [1.165, 1.54) is 74.7 Å². The summed E-state index contributed by atoms with van der Waals surface area (Å²) in [5.41, 5.74) is 3.87. The van der Waals surface area contributed by atoms with E-state index < -0.39 is 0 Å². The maximum Gasteiger partial charge on any atom is -0.0178 e. The van der Waals surface area contributed by atoms with E-state index in [4.69, 9.17) is 0 Å². The highest BCUT2D eigenvalue weighted by Gasteiger charge is 1.95. The predicted molar refractivity (Wildman–Crippen MR) is 332 cm³/mol. The smallest absolute Gasteiger partial charge is 0.0178 e. The third-order valence-corrected chi connectivity index (χ3v) is 7.09. The average Bonchev–Trinajstić information content (AvgIpc) is 3.44. The lowest BCUT2D eigenvalue weighted by atomic mass is 10.0. The minimum Gasteiger partial charge on any atom is -0.0683 e. The van der Waals surface area contributed by atoms with E-state index in [-0.39, 0.29) is 0 Å². The summed E-state index contributed by atoms with van der Waals surface area (Å²) < 4.78 is 0. The fraction of sp³-hybridized carbons (Fsp3) is 0.391. The maximum absolute atomic E-state index is 2.24. The molecule has 0 fully saturated rings. The first kappa shape index (κ1) is 77.7. The van der Waals surface area contributed by atoms with Crippen molar-refractivity contribution in [3.8, 4) is 11.1 Å². The molecule has 0 heteroatoms. The van der Waals surface area contributed by atoms with Gasteiger partial charge in [0.05, 0.1) is 0 Å². The minimum atomic E-state index is 1.25. The van der Waals surface area contributed by atoms with Crippen molar-refractivity contribution in [1.82, 2.24) is 0 Å². The van der Waals surface area contributed by atoms with Crippen LogP contribution in [0.2, 0.25) is 0 Å². The number of hydrogen-bond donors (Lipinski definition) is 0. The van der Waals surface area contributed by atoms with Crippen molar-refractivity contribution < 1.29 is 0 Å². The molecule has 8 aromatic carbocycles. The molecule has 0 spiro atoms. The van der Waals surface area contributed by atoms with E-state index in [0.717, 1.165) is 0 Å². The normalized spacial score (nSPS) is 7.87. The molecule has 0 bridgehead atoms.